The Morgan fingerprint density at radius 1 is 0.949 bits per heavy atom. The first-order valence-corrected chi connectivity index (χ1v) is 12.7. The number of amides is 1. The average molecular weight is 547 g/mol. The van der Waals surface area contributed by atoms with Gasteiger partial charge >= 0.3 is 5.92 Å². The average Bonchev–Trinajstić information content (AvgIpc) is 3.44. The van der Waals surface area contributed by atoms with Gasteiger partial charge < -0.3 is 24.8 Å². The van der Waals surface area contributed by atoms with Gasteiger partial charge in [-0.25, -0.2) is 8.78 Å². The smallest absolute Gasteiger partial charge is 0.349 e. The summed E-state index contributed by atoms with van der Waals surface area (Å²) in [5, 5.41) is 0. The Hall–Kier alpha value is -3.79. The van der Waals surface area contributed by atoms with Gasteiger partial charge in [0.1, 0.15) is 30.5 Å². The zero-order valence-electron chi connectivity index (χ0n) is 21.3. The summed E-state index contributed by atoms with van der Waals surface area (Å²) in [6.07, 6.45) is 4.60. The summed E-state index contributed by atoms with van der Waals surface area (Å²) in [6.45, 7) is 4.48. The van der Waals surface area contributed by atoms with Crippen molar-refractivity contribution in [3.05, 3.63) is 83.4 Å². The second-order valence-electron chi connectivity index (χ2n) is 9.28. The number of nitrogens with zero attached hydrogens (tertiary/aromatic N) is 1. The number of rotatable bonds is 8. The minimum absolute atomic E-state index is 0.0926. The summed E-state index contributed by atoms with van der Waals surface area (Å²) < 4.78 is 69.5. The summed E-state index contributed by atoms with van der Waals surface area (Å²) in [5.74, 6) is -5.04. The highest BCUT2D eigenvalue weighted by Crippen LogP contribution is 2.34. The monoisotopic (exact) mass is 546 g/mol. The molecule has 2 aliphatic heterocycles. The van der Waals surface area contributed by atoms with Crippen LogP contribution in [0.2, 0.25) is 0 Å². The van der Waals surface area contributed by atoms with E-state index in [2.05, 4.69) is 10.6 Å². The molecule has 0 saturated carbocycles. The maximum absolute atomic E-state index is 13.8. The van der Waals surface area contributed by atoms with E-state index in [1.54, 1.807) is 6.07 Å². The fraction of sp³-hybridized carbons (Fsp3) is 0.345. The van der Waals surface area contributed by atoms with E-state index in [0.717, 1.165) is 37.1 Å². The van der Waals surface area contributed by atoms with E-state index < -0.39 is 23.2 Å². The number of likely N-dealkylation sites (tertiary alicyclic amines) is 1. The number of nitrogens with two attached hydrogens (primary N) is 1. The third-order valence-corrected chi connectivity index (χ3v) is 6.35. The molecule has 0 radical (unpaired) electrons. The van der Waals surface area contributed by atoms with Crippen LogP contribution in [0, 0.1) is 11.6 Å². The molecule has 1 saturated heterocycles. The van der Waals surface area contributed by atoms with Crippen molar-refractivity contribution in [1.29, 1.82) is 0 Å². The number of benzene rings is 3. The number of primary amides is 1. The van der Waals surface area contributed by atoms with E-state index in [1.165, 1.54) is 62.3 Å². The van der Waals surface area contributed by atoms with Crippen molar-refractivity contribution < 1.29 is 36.6 Å². The molecule has 0 atom stereocenters. The van der Waals surface area contributed by atoms with Gasteiger partial charge in [-0.15, -0.1) is 0 Å². The van der Waals surface area contributed by atoms with Crippen molar-refractivity contribution in [2.75, 3.05) is 32.8 Å². The number of alkyl halides is 2. The van der Waals surface area contributed by atoms with Gasteiger partial charge in [-0.05, 0) is 99.4 Å². The summed E-state index contributed by atoms with van der Waals surface area (Å²) in [7, 11) is 0. The molecule has 10 heteroatoms. The van der Waals surface area contributed by atoms with Crippen LogP contribution in [0.4, 0.5) is 17.6 Å². The van der Waals surface area contributed by atoms with Gasteiger partial charge in [-0.2, -0.15) is 8.78 Å². The molecule has 2 aliphatic rings. The topological polar surface area (TPSA) is 74.0 Å². The zero-order chi connectivity index (χ0) is 27.8. The second kappa shape index (κ2) is 12.8. The maximum Gasteiger partial charge on any atom is 0.349 e. The van der Waals surface area contributed by atoms with Crippen LogP contribution in [0.3, 0.4) is 0 Å². The fourth-order valence-corrected chi connectivity index (χ4v) is 4.36. The lowest BCUT2D eigenvalue weighted by Gasteiger charge is -2.20. The third kappa shape index (κ3) is 7.63. The highest BCUT2D eigenvalue weighted by molar-refractivity contribution is 5.83. The van der Waals surface area contributed by atoms with Gasteiger partial charge in [0.15, 0.2) is 17.3 Å². The first-order valence-electron chi connectivity index (χ1n) is 12.7. The Bertz CT molecular complexity index is 1260. The van der Waals surface area contributed by atoms with E-state index in [1.807, 2.05) is 6.07 Å². The predicted molar refractivity (Wildman–Crippen MR) is 137 cm³/mol. The standard InChI is InChI=1S/C15H20FNO2.C14H10F3NO2/c16-13-10-12(4-3-7-17-5-1-2-6-17)11-14-15(13)19-9-8-18-14;15-10-4-6-11(7-5-10)20-12-3-1-2-9(8-12)14(16,17)13(18)19/h10-11H,1-9H2;1-8H,(H2,18,19). The normalized spacial score (nSPS) is 14.9. The van der Waals surface area contributed by atoms with Crippen molar-refractivity contribution in [3.8, 4) is 23.0 Å². The lowest BCUT2D eigenvalue weighted by molar-refractivity contribution is -0.143. The summed E-state index contributed by atoms with van der Waals surface area (Å²) >= 11 is 0. The van der Waals surface area contributed by atoms with Gasteiger partial charge in [0.05, 0.1) is 0 Å². The minimum atomic E-state index is -3.78. The summed E-state index contributed by atoms with van der Waals surface area (Å²) in [6, 6.07) is 13.4. The third-order valence-electron chi connectivity index (χ3n) is 6.35. The SMILES string of the molecule is Fc1cc(CCCN2CCCC2)cc2c1OCCO2.NC(=O)C(F)(F)c1cccc(Oc2ccc(F)cc2)c1. The Kier molecular flexibility index (Phi) is 9.29. The lowest BCUT2D eigenvalue weighted by atomic mass is 10.1. The van der Waals surface area contributed by atoms with E-state index >= 15 is 0 Å². The van der Waals surface area contributed by atoms with E-state index in [9.17, 15) is 22.4 Å². The minimum Gasteiger partial charge on any atom is -0.486 e. The molecule has 0 aliphatic carbocycles. The Balaban J connectivity index is 0.000000181. The Morgan fingerprint density at radius 2 is 1.67 bits per heavy atom. The van der Waals surface area contributed by atoms with Crippen LogP contribution in [-0.4, -0.2) is 43.7 Å². The molecule has 3 aromatic rings. The van der Waals surface area contributed by atoms with Crippen LogP contribution in [0.5, 0.6) is 23.0 Å². The van der Waals surface area contributed by atoms with Crippen LogP contribution in [0.1, 0.15) is 30.4 Å². The molecule has 6 nitrogen and oxygen atoms in total. The highest BCUT2D eigenvalue weighted by Gasteiger charge is 2.39. The number of carbonyl (C=O) groups is 1. The Labute approximate surface area is 224 Å². The van der Waals surface area contributed by atoms with E-state index in [0.29, 0.717) is 19.0 Å². The predicted octanol–water partition coefficient (Wildman–Crippen LogP) is 5.82. The van der Waals surface area contributed by atoms with Crippen LogP contribution in [0.25, 0.3) is 0 Å². The van der Waals surface area contributed by atoms with Crippen molar-refractivity contribution in [3.63, 3.8) is 0 Å². The van der Waals surface area contributed by atoms with Crippen molar-refractivity contribution in [2.45, 2.75) is 31.6 Å². The molecule has 2 heterocycles. The molecule has 1 fully saturated rings. The van der Waals surface area contributed by atoms with Gasteiger partial charge in [0.25, 0.3) is 5.91 Å². The molecule has 5 rings (SSSR count). The first-order chi connectivity index (χ1) is 18.7. The van der Waals surface area contributed by atoms with Gasteiger partial charge in [-0.1, -0.05) is 12.1 Å². The van der Waals surface area contributed by atoms with Gasteiger partial charge in [0, 0.05) is 5.56 Å². The molecule has 0 unspecified atom stereocenters. The molecule has 1 amide bonds. The Morgan fingerprint density at radius 3 is 2.38 bits per heavy atom. The fourth-order valence-electron chi connectivity index (χ4n) is 4.36. The molecule has 208 valence electrons. The number of hydrogen-bond donors (Lipinski definition) is 1. The molecule has 3 aromatic carbocycles. The van der Waals surface area contributed by atoms with Gasteiger partial charge in [0.2, 0.25) is 0 Å². The zero-order valence-corrected chi connectivity index (χ0v) is 21.3. The molecular formula is C29H30F4N2O4. The largest absolute Gasteiger partial charge is 0.486 e. The summed E-state index contributed by atoms with van der Waals surface area (Å²) in [5.41, 5.74) is 5.09. The molecule has 0 bridgehead atoms. The molecule has 0 aromatic heterocycles. The molecule has 2 N–H and O–H groups in total. The molecular weight excluding hydrogens is 516 g/mol. The molecule has 39 heavy (non-hydrogen) atoms. The maximum atomic E-state index is 13.8. The van der Waals surface area contributed by atoms with Crippen LogP contribution < -0.4 is 19.9 Å². The van der Waals surface area contributed by atoms with E-state index in [-0.39, 0.29) is 23.1 Å². The second-order valence-corrected chi connectivity index (χ2v) is 9.28. The number of aryl methyl sites for hydroxylation is 1. The number of fused-ring (bicyclic) bond motifs is 1. The first kappa shape index (κ1) is 28.2. The van der Waals surface area contributed by atoms with Crippen LogP contribution >= 0.6 is 0 Å². The van der Waals surface area contributed by atoms with Crippen LogP contribution in [0.15, 0.2) is 60.7 Å². The number of halogens is 4. The number of carbonyl (C=O) groups excluding carboxylic acids is 1. The van der Waals surface area contributed by atoms with Crippen molar-refractivity contribution in [1.82, 2.24) is 4.90 Å². The number of hydrogen-bond acceptors (Lipinski definition) is 5. The van der Waals surface area contributed by atoms with E-state index in [4.69, 9.17) is 14.2 Å². The van der Waals surface area contributed by atoms with Crippen molar-refractivity contribution in [2.24, 2.45) is 5.73 Å². The van der Waals surface area contributed by atoms with Crippen molar-refractivity contribution >= 4 is 5.91 Å². The quantitative estimate of drug-likeness (QED) is 0.361. The number of ether oxygens (including phenoxy) is 3. The summed E-state index contributed by atoms with van der Waals surface area (Å²) in [4.78, 5) is 13.2. The lowest BCUT2D eigenvalue weighted by Crippen LogP contribution is -2.32. The van der Waals surface area contributed by atoms with Gasteiger partial charge in [-0.3, -0.25) is 4.79 Å². The highest BCUT2D eigenvalue weighted by atomic mass is 19.3. The van der Waals surface area contributed by atoms with Crippen LogP contribution in [-0.2, 0) is 17.1 Å². The molecule has 0 spiro atoms.